The fraction of sp³-hybridized carbons (Fsp3) is 0.545. The van der Waals surface area contributed by atoms with Crippen molar-refractivity contribution in [3.05, 3.63) is 52.6 Å². The van der Waals surface area contributed by atoms with Crippen LogP contribution in [0.2, 0.25) is 0 Å². The summed E-state index contributed by atoms with van der Waals surface area (Å²) < 4.78 is 55.5. The Bertz CT molecular complexity index is 976. The highest BCUT2D eigenvalue weighted by Gasteiger charge is 2.48. The third-order valence-electron chi connectivity index (χ3n) is 7.11. The highest BCUT2D eigenvalue weighted by atomic mass is 19.4. The lowest BCUT2D eigenvalue weighted by atomic mass is 9.71. The number of fused-ring (bicyclic) bond motifs is 4. The van der Waals surface area contributed by atoms with Gasteiger partial charge in [-0.15, -0.1) is 0 Å². The molecule has 9 heteroatoms. The number of hydrogen-bond acceptors (Lipinski definition) is 3. The smallest absolute Gasteiger partial charge is 0.336 e. The Morgan fingerprint density at radius 2 is 1.68 bits per heavy atom. The van der Waals surface area contributed by atoms with E-state index in [0.29, 0.717) is 11.3 Å². The largest absolute Gasteiger partial charge is 0.435 e. The third kappa shape index (κ3) is 3.62. The van der Waals surface area contributed by atoms with Crippen molar-refractivity contribution in [1.82, 2.24) is 19.6 Å². The second-order valence-electron chi connectivity index (χ2n) is 8.90. The number of alkyl halides is 3. The van der Waals surface area contributed by atoms with E-state index >= 15 is 0 Å². The Kier molecular flexibility index (Phi) is 4.84. The van der Waals surface area contributed by atoms with Gasteiger partial charge in [-0.3, -0.25) is 9.48 Å². The predicted octanol–water partition coefficient (Wildman–Crippen LogP) is 3.46. The van der Waals surface area contributed by atoms with E-state index in [4.69, 9.17) is 0 Å². The van der Waals surface area contributed by atoms with Crippen LogP contribution in [0.1, 0.15) is 41.8 Å². The second-order valence-corrected chi connectivity index (χ2v) is 8.90. The zero-order valence-corrected chi connectivity index (χ0v) is 17.1. The van der Waals surface area contributed by atoms with Gasteiger partial charge in [-0.25, -0.2) is 4.39 Å². The van der Waals surface area contributed by atoms with E-state index in [1.807, 2.05) is 0 Å². The summed E-state index contributed by atoms with van der Waals surface area (Å²) in [6.07, 6.45) is -1.96. The summed E-state index contributed by atoms with van der Waals surface area (Å²) in [7, 11) is 0. The molecule has 0 atom stereocenters. The van der Waals surface area contributed by atoms with Gasteiger partial charge in [-0.05, 0) is 63.0 Å². The van der Waals surface area contributed by atoms with Crippen LogP contribution < -0.4 is 0 Å². The van der Waals surface area contributed by atoms with Gasteiger partial charge >= 0.3 is 6.18 Å². The normalized spacial score (nSPS) is 25.5. The Morgan fingerprint density at radius 3 is 2.29 bits per heavy atom. The van der Waals surface area contributed by atoms with Gasteiger partial charge in [0.2, 0.25) is 5.91 Å². The van der Waals surface area contributed by atoms with Crippen molar-refractivity contribution in [2.24, 2.45) is 5.41 Å². The summed E-state index contributed by atoms with van der Waals surface area (Å²) in [6, 6.07) is 5.63. The quantitative estimate of drug-likeness (QED) is 0.692. The summed E-state index contributed by atoms with van der Waals surface area (Å²) in [5.74, 6) is -0.336. The van der Waals surface area contributed by atoms with Gasteiger partial charge in [0.25, 0.3) is 0 Å². The summed E-state index contributed by atoms with van der Waals surface area (Å²) in [4.78, 5) is 17.6. The first-order chi connectivity index (χ1) is 14.7. The summed E-state index contributed by atoms with van der Waals surface area (Å²) in [6.45, 7) is 3.23. The maximum Gasteiger partial charge on any atom is 0.435 e. The molecule has 3 saturated heterocycles. The lowest BCUT2D eigenvalue weighted by Crippen LogP contribution is -2.56. The number of nitrogens with zero attached hydrogens (tertiary/aromatic N) is 4. The highest BCUT2D eigenvalue weighted by Crippen LogP contribution is 2.43. The van der Waals surface area contributed by atoms with Crippen LogP contribution >= 0.6 is 0 Å². The number of aromatic nitrogens is 2. The average Bonchev–Trinajstić information content (AvgIpc) is 3.14. The molecule has 2 aromatic rings. The SMILES string of the molecule is O=C(N1CCc2c(C(F)(F)F)nn(Cc3ccc(F)cc3)c2C1)C12CCN(CC1)CC2. The van der Waals surface area contributed by atoms with E-state index in [0.717, 1.165) is 38.9 Å². The van der Waals surface area contributed by atoms with Crippen LogP contribution in [0.5, 0.6) is 0 Å². The van der Waals surface area contributed by atoms with Crippen LogP contribution in [-0.4, -0.2) is 51.7 Å². The number of amides is 1. The van der Waals surface area contributed by atoms with E-state index < -0.39 is 17.7 Å². The molecule has 4 aliphatic rings. The first-order valence-electron chi connectivity index (χ1n) is 10.7. The van der Waals surface area contributed by atoms with E-state index in [1.54, 1.807) is 4.90 Å². The predicted molar refractivity (Wildman–Crippen MR) is 105 cm³/mol. The molecule has 0 saturated carbocycles. The molecular weight excluding hydrogens is 412 g/mol. The lowest BCUT2D eigenvalue weighted by Gasteiger charge is -2.49. The van der Waals surface area contributed by atoms with Crippen molar-refractivity contribution in [3.8, 4) is 0 Å². The molecule has 1 aromatic heterocycles. The van der Waals surface area contributed by atoms with Gasteiger partial charge in [0.05, 0.1) is 24.2 Å². The number of piperidine rings is 3. The average molecular weight is 436 g/mol. The fourth-order valence-corrected chi connectivity index (χ4v) is 5.26. The molecule has 31 heavy (non-hydrogen) atoms. The van der Waals surface area contributed by atoms with E-state index in [9.17, 15) is 22.4 Å². The van der Waals surface area contributed by atoms with E-state index in [-0.39, 0.29) is 42.9 Å². The molecule has 166 valence electrons. The van der Waals surface area contributed by atoms with Crippen molar-refractivity contribution < 1.29 is 22.4 Å². The summed E-state index contributed by atoms with van der Waals surface area (Å²) in [5.41, 5.74) is 0.0134. The molecule has 6 rings (SSSR count). The Morgan fingerprint density at radius 1 is 1.03 bits per heavy atom. The zero-order valence-electron chi connectivity index (χ0n) is 17.1. The van der Waals surface area contributed by atoms with Gasteiger partial charge in [0.15, 0.2) is 5.69 Å². The number of halogens is 4. The molecular formula is C22H24F4N4O. The molecule has 1 aromatic carbocycles. The van der Waals surface area contributed by atoms with Gasteiger partial charge in [0.1, 0.15) is 5.82 Å². The maximum absolute atomic E-state index is 13.6. The molecule has 1 amide bonds. The molecule has 5 heterocycles. The minimum atomic E-state index is -4.56. The van der Waals surface area contributed by atoms with Crippen LogP contribution in [0.25, 0.3) is 0 Å². The minimum Gasteiger partial charge on any atom is -0.336 e. The van der Waals surface area contributed by atoms with Crippen LogP contribution in [0.4, 0.5) is 17.6 Å². The fourth-order valence-electron chi connectivity index (χ4n) is 5.26. The molecule has 3 fully saturated rings. The van der Waals surface area contributed by atoms with Crippen LogP contribution in [0, 0.1) is 11.2 Å². The van der Waals surface area contributed by atoms with E-state index in [2.05, 4.69) is 10.00 Å². The first kappa shape index (κ1) is 20.5. The van der Waals surface area contributed by atoms with Crippen LogP contribution in [0.15, 0.2) is 24.3 Å². The number of carbonyl (C=O) groups excluding carboxylic acids is 1. The van der Waals surface area contributed by atoms with Gasteiger partial charge < -0.3 is 9.80 Å². The van der Waals surface area contributed by atoms with E-state index in [1.165, 1.54) is 28.9 Å². The summed E-state index contributed by atoms with van der Waals surface area (Å²) >= 11 is 0. The number of rotatable bonds is 3. The third-order valence-corrected chi connectivity index (χ3v) is 7.11. The Labute approximate surface area is 177 Å². The lowest BCUT2D eigenvalue weighted by molar-refractivity contribution is -0.150. The number of benzene rings is 1. The Balaban J connectivity index is 1.45. The monoisotopic (exact) mass is 436 g/mol. The molecule has 5 nitrogen and oxygen atoms in total. The van der Waals surface area contributed by atoms with Crippen LogP contribution in [0.3, 0.4) is 0 Å². The highest BCUT2D eigenvalue weighted by molar-refractivity contribution is 5.83. The molecule has 0 N–H and O–H groups in total. The van der Waals surface area contributed by atoms with Crippen molar-refractivity contribution >= 4 is 5.91 Å². The molecule has 2 bridgehead atoms. The zero-order chi connectivity index (χ0) is 21.8. The topological polar surface area (TPSA) is 41.4 Å². The van der Waals surface area contributed by atoms with Crippen molar-refractivity contribution in [2.75, 3.05) is 26.2 Å². The first-order valence-corrected chi connectivity index (χ1v) is 10.7. The van der Waals surface area contributed by atoms with Crippen molar-refractivity contribution in [3.63, 3.8) is 0 Å². The standard InChI is InChI=1S/C22H24F4N4O/c23-16-3-1-15(2-4-16)13-30-18-14-29(9-5-17(18)19(27-30)22(24,25)26)20(31)21-6-10-28(11-7-21)12-8-21/h1-4H,5-14H2. The van der Waals surface area contributed by atoms with Gasteiger partial charge in [0, 0.05) is 12.1 Å². The van der Waals surface area contributed by atoms with Crippen LogP contribution in [-0.2, 0) is 30.5 Å². The van der Waals surface area contributed by atoms with Crippen molar-refractivity contribution in [1.29, 1.82) is 0 Å². The molecule has 0 unspecified atom stereocenters. The minimum absolute atomic E-state index is 0.0700. The maximum atomic E-state index is 13.6. The summed E-state index contributed by atoms with van der Waals surface area (Å²) in [5, 5.41) is 3.89. The van der Waals surface area contributed by atoms with Crippen molar-refractivity contribution in [2.45, 2.75) is 44.9 Å². The molecule has 0 radical (unpaired) electrons. The van der Waals surface area contributed by atoms with Gasteiger partial charge in [-0.1, -0.05) is 12.1 Å². The number of hydrogen-bond donors (Lipinski definition) is 0. The molecule has 4 aliphatic heterocycles. The molecule has 0 aliphatic carbocycles. The van der Waals surface area contributed by atoms with Gasteiger partial charge in [-0.2, -0.15) is 18.3 Å². The molecule has 0 spiro atoms. The Hall–Kier alpha value is -2.42. The number of carbonyl (C=O) groups is 1. The second kappa shape index (κ2) is 7.32.